The van der Waals surface area contributed by atoms with Crippen LogP contribution in [0.3, 0.4) is 0 Å². The third kappa shape index (κ3) is 4.29. The molecule has 0 radical (unpaired) electrons. The van der Waals surface area contributed by atoms with E-state index in [0.717, 1.165) is 24.8 Å². The van der Waals surface area contributed by atoms with E-state index < -0.39 is 12.4 Å². The Bertz CT molecular complexity index is 303. The fourth-order valence-electron chi connectivity index (χ4n) is 1.66. The third-order valence-corrected chi connectivity index (χ3v) is 2.68. The molecule has 0 saturated heterocycles. The first kappa shape index (κ1) is 13.1. The summed E-state index contributed by atoms with van der Waals surface area (Å²) in [7, 11) is 0. The highest BCUT2D eigenvalue weighted by Crippen LogP contribution is 2.11. The van der Waals surface area contributed by atoms with E-state index in [2.05, 4.69) is 6.92 Å². The molecule has 0 atom stereocenters. The van der Waals surface area contributed by atoms with Crippen molar-refractivity contribution in [2.75, 3.05) is 0 Å². The Balaban J connectivity index is 2.46. The fraction of sp³-hybridized carbons (Fsp3) is 0.500. The van der Waals surface area contributed by atoms with Crippen molar-refractivity contribution in [3.8, 4) is 0 Å². The molecule has 0 aliphatic heterocycles. The van der Waals surface area contributed by atoms with Crippen molar-refractivity contribution in [2.45, 2.75) is 39.0 Å². The van der Waals surface area contributed by atoms with Gasteiger partial charge < -0.3 is 12.9 Å². The van der Waals surface area contributed by atoms with E-state index in [1.807, 2.05) is 0 Å². The van der Waals surface area contributed by atoms with Crippen LogP contribution in [0.5, 0.6) is 0 Å². The second-order valence-electron chi connectivity index (χ2n) is 4.13. The summed E-state index contributed by atoms with van der Waals surface area (Å²) in [5.74, 6) is 0. The summed E-state index contributed by atoms with van der Waals surface area (Å²) in [6, 6.07) is 5.57. The molecule has 0 aliphatic carbocycles. The largest absolute Gasteiger partial charge is 0.509 e. The molecule has 0 aliphatic rings. The predicted octanol–water partition coefficient (Wildman–Crippen LogP) is 3.86. The SMILES string of the molecule is CCCCCCc1ccc([B-](F)(F)F)cc1. The molecule has 4 heteroatoms. The van der Waals surface area contributed by atoms with Gasteiger partial charge in [-0.15, -0.1) is 5.46 Å². The molecule has 0 nitrogen and oxygen atoms in total. The lowest BCUT2D eigenvalue weighted by Gasteiger charge is -2.14. The van der Waals surface area contributed by atoms with Crippen molar-refractivity contribution in [1.29, 1.82) is 0 Å². The Morgan fingerprint density at radius 2 is 1.56 bits per heavy atom. The Labute approximate surface area is 94.9 Å². The lowest BCUT2D eigenvalue weighted by atomic mass is 9.80. The first-order valence-corrected chi connectivity index (χ1v) is 5.83. The van der Waals surface area contributed by atoms with E-state index in [1.165, 1.54) is 25.0 Å². The van der Waals surface area contributed by atoms with Gasteiger partial charge in [-0.3, -0.25) is 0 Å². The number of hydrogen-bond acceptors (Lipinski definition) is 0. The first-order chi connectivity index (χ1) is 7.54. The molecule has 0 unspecified atom stereocenters. The van der Waals surface area contributed by atoms with Crippen LogP contribution in [0.2, 0.25) is 0 Å². The van der Waals surface area contributed by atoms with E-state index in [0.29, 0.717) is 0 Å². The summed E-state index contributed by atoms with van der Waals surface area (Å²) in [4.78, 5) is 0. The highest BCUT2D eigenvalue weighted by atomic mass is 19.4. The molecule has 1 rings (SSSR count). The zero-order chi connectivity index (χ0) is 12.0. The minimum absolute atomic E-state index is 0.502. The molecule has 0 bridgehead atoms. The second kappa shape index (κ2) is 5.97. The van der Waals surface area contributed by atoms with Crippen LogP contribution in [0, 0.1) is 0 Å². The van der Waals surface area contributed by atoms with Crippen molar-refractivity contribution < 1.29 is 12.9 Å². The normalized spacial score (nSPS) is 11.8. The van der Waals surface area contributed by atoms with Crippen LogP contribution >= 0.6 is 0 Å². The molecule has 0 spiro atoms. The molecule has 1 aromatic rings. The summed E-state index contributed by atoms with van der Waals surface area (Å²) in [6.07, 6.45) is 5.47. The minimum atomic E-state index is -4.84. The van der Waals surface area contributed by atoms with E-state index in [-0.39, 0.29) is 0 Å². The van der Waals surface area contributed by atoms with E-state index >= 15 is 0 Å². The van der Waals surface area contributed by atoms with E-state index in [1.54, 1.807) is 12.1 Å². The Hall–Kier alpha value is -0.925. The quantitative estimate of drug-likeness (QED) is 0.513. The molecule has 90 valence electrons. The first-order valence-electron chi connectivity index (χ1n) is 5.83. The fourth-order valence-corrected chi connectivity index (χ4v) is 1.66. The second-order valence-corrected chi connectivity index (χ2v) is 4.13. The van der Waals surface area contributed by atoms with Gasteiger partial charge in [0.1, 0.15) is 0 Å². The van der Waals surface area contributed by atoms with E-state index in [4.69, 9.17) is 0 Å². The molecule has 0 amide bonds. The third-order valence-electron chi connectivity index (χ3n) is 2.68. The average Bonchev–Trinajstić information content (AvgIpc) is 2.24. The summed E-state index contributed by atoms with van der Waals surface area (Å²) >= 11 is 0. The van der Waals surface area contributed by atoms with Crippen molar-refractivity contribution in [3.63, 3.8) is 0 Å². The van der Waals surface area contributed by atoms with Crippen LogP contribution < -0.4 is 5.46 Å². The number of rotatable bonds is 6. The number of halogens is 3. The van der Waals surface area contributed by atoms with Crippen LogP contribution in [0.25, 0.3) is 0 Å². The number of hydrogen-bond donors (Lipinski definition) is 0. The zero-order valence-electron chi connectivity index (χ0n) is 9.56. The molecule has 0 heterocycles. The highest BCUT2D eigenvalue weighted by molar-refractivity contribution is 6.73. The van der Waals surface area contributed by atoms with Gasteiger partial charge in [0.05, 0.1) is 0 Å². The summed E-state index contributed by atoms with van der Waals surface area (Å²) < 4.78 is 37.0. The molecular weight excluding hydrogens is 212 g/mol. The number of benzene rings is 1. The highest BCUT2D eigenvalue weighted by Gasteiger charge is 2.24. The average molecular weight is 229 g/mol. The molecule has 0 saturated carbocycles. The van der Waals surface area contributed by atoms with Crippen molar-refractivity contribution in [2.24, 2.45) is 0 Å². The van der Waals surface area contributed by atoms with E-state index in [9.17, 15) is 12.9 Å². The molecule has 16 heavy (non-hydrogen) atoms. The van der Waals surface area contributed by atoms with Gasteiger partial charge in [-0.25, -0.2) is 0 Å². The van der Waals surface area contributed by atoms with Crippen molar-refractivity contribution in [1.82, 2.24) is 0 Å². The lowest BCUT2D eigenvalue weighted by molar-refractivity contribution is 0.501. The van der Waals surface area contributed by atoms with Gasteiger partial charge in [-0.05, 0) is 18.4 Å². The molecule has 0 N–H and O–H groups in total. The summed E-state index contributed by atoms with van der Waals surface area (Å²) in [5.41, 5.74) is 0.497. The zero-order valence-corrected chi connectivity index (χ0v) is 9.56. The van der Waals surface area contributed by atoms with Crippen LogP contribution in [0.1, 0.15) is 38.2 Å². The number of aryl methyl sites for hydroxylation is 1. The Kier molecular flexibility index (Phi) is 4.90. The number of unbranched alkanes of at least 4 members (excludes halogenated alkanes) is 3. The van der Waals surface area contributed by atoms with Crippen LogP contribution in [0.15, 0.2) is 24.3 Å². The topological polar surface area (TPSA) is 0 Å². The Morgan fingerprint density at radius 3 is 2.06 bits per heavy atom. The van der Waals surface area contributed by atoms with Crippen LogP contribution in [-0.2, 0) is 6.42 Å². The monoisotopic (exact) mass is 229 g/mol. The van der Waals surface area contributed by atoms with Gasteiger partial charge in [0.2, 0.25) is 0 Å². The van der Waals surface area contributed by atoms with Gasteiger partial charge in [0, 0.05) is 0 Å². The van der Waals surface area contributed by atoms with Crippen LogP contribution in [0.4, 0.5) is 12.9 Å². The van der Waals surface area contributed by atoms with Crippen molar-refractivity contribution >= 4 is 12.4 Å². The summed E-state index contributed by atoms with van der Waals surface area (Å²) in [6.45, 7) is -2.70. The summed E-state index contributed by atoms with van der Waals surface area (Å²) in [5, 5.41) is 0. The van der Waals surface area contributed by atoms with Gasteiger partial charge >= 0.3 is 6.98 Å². The van der Waals surface area contributed by atoms with Gasteiger partial charge in [0.25, 0.3) is 0 Å². The van der Waals surface area contributed by atoms with Gasteiger partial charge in [0.15, 0.2) is 0 Å². The lowest BCUT2D eigenvalue weighted by Crippen LogP contribution is -2.33. The maximum absolute atomic E-state index is 12.3. The maximum atomic E-state index is 12.3. The molecular formula is C12H17BF3-. The van der Waals surface area contributed by atoms with Gasteiger partial charge in [-0.1, -0.05) is 50.5 Å². The Morgan fingerprint density at radius 1 is 0.938 bits per heavy atom. The predicted molar refractivity (Wildman–Crippen MR) is 63.0 cm³/mol. The minimum Gasteiger partial charge on any atom is -0.445 e. The molecule has 0 aromatic heterocycles. The standard InChI is InChI=1S/C12H17BF3/c1-2-3-4-5-6-11-7-9-12(10-8-11)13(14,15)16/h7-10H,2-6H2,1H3/q-1. The van der Waals surface area contributed by atoms with Crippen LogP contribution in [-0.4, -0.2) is 6.98 Å². The maximum Gasteiger partial charge on any atom is 0.509 e. The molecule has 0 fully saturated rings. The smallest absolute Gasteiger partial charge is 0.445 e. The van der Waals surface area contributed by atoms with Gasteiger partial charge in [-0.2, -0.15) is 0 Å². The molecule has 1 aromatic carbocycles. The van der Waals surface area contributed by atoms with Crippen molar-refractivity contribution in [3.05, 3.63) is 29.8 Å².